The molecule has 2 amide bonds. The Labute approximate surface area is 170 Å². The summed E-state index contributed by atoms with van der Waals surface area (Å²) >= 11 is 0. The van der Waals surface area contributed by atoms with Gasteiger partial charge in [-0.25, -0.2) is 0 Å². The molecule has 3 rings (SSSR count). The molecule has 1 aliphatic rings. The van der Waals surface area contributed by atoms with Crippen LogP contribution in [0.4, 0.5) is 0 Å². The van der Waals surface area contributed by atoms with Gasteiger partial charge in [-0.15, -0.1) is 0 Å². The molecule has 29 heavy (non-hydrogen) atoms. The van der Waals surface area contributed by atoms with Gasteiger partial charge in [-0.2, -0.15) is 0 Å². The van der Waals surface area contributed by atoms with Gasteiger partial charge in [0.2, 0.25) is 11.8 Å². The SMILES string of the molecule is COc1ccc(CNC(=O)C2CC2C(=O)NCCOc2ccc(OC)cc2)cc1. The fourth-order valence-electron chi connectivity index (χ4n) is 2.98. The summed E-state index contributed by atoms with van der Waals surface area (Å²) in [4.78, 5) is 24.4. The van der Waals surface area contributed by atoms with Crippen molar-refractivity contribution in [3.63, 3.8) is 0 Å². The Hall–Kier alpha value is -3.22. The van der Waals surface area contributed by atoms with Gasteiger partial charge < -0.3 is 24.8 Å². The molecule has 1 aliphatic carbocycles. The van der Waals surface area contributed by atoms with Crippen molar-refractivity contribution in [3.05, 3.63) is 54.1 Å². The number of carbonyl (C=O) groups is 2. The first-order valence-corrected chi connectivity index (χ1v) is 9.56. The van der Waals surface area contributed by atoms with Crippen molar-refractivity contribution in [3.8, 4) is 17.2 Å². The molecular formula is C22H26N2O5. The van der Waals surface area contributed by atoms with Crippen LogP contribution in [0.3, 0.4) is 0 Å². The van der Waals surface area contributed by atoms with Crippen LogP contribution in [0.1, 0.15) is 12.0 Å². The van der Waals surface area contributed by atoms with E-state index < -0.39 is 0 Å². The van der Waals surface area contributed by atoms with E-state index in [1.165, 1.54) is 0 Å². The summed E-state index contributed by atoms with van der Waals surface area (Å²) in [5.74, 6) is 1.54. The summed E-state index contributed by atoms with van der Waals surface area (Å²) in [7, 11) is 3.22. The first-order valence-electron chi connectivity index (χ1n) is 9.56. The lowest BCUT2D eigenvalue weighted by Crippen LogP contribution is -2.32. The van der Waals surface area contributed by atoms with E-state index in [1.807, 2.05) is 48.5 Å². The van der Waals surface area contributed by atoms with Crippen molar-refractivity contribution in [2.75, 3.05) is 27.4 Å². The average molecular weight is 398 g/mol. The van der Waals surface area contributed by atoms with Gasteiger partial charge in [0.1, 0.15) is 23.9 Å². The predicted molar refractivity (Wildman–Crippen MR) is 108 cm³/mol. The second-order valence-electron chi connectivity index (χ2n) is 6.83. The summed E-state index contributed by atoms with van der Waals surface area (Å²) in [6.45, 7) is 1.18. The van der Waals surface area contributed by atoms with Crippen molar-refractivity contribution in [1.29, 1.82) is 0 Å². The van der Waals surface area contributed by atoms with Gasteiger partial charge in [-0.05, 0) is 48.4 Å². The zero-order chi connectivity index (χ0) is 20.6. The summed E-state index contributed by atoms with van der Waals surface area (Å²) in [6, 6.07) is 14.7. The largest absolute Gasteiger partial charge is 0.497 e. The first kappa shape index (κ1) is 20.5. The molecule has 0 spiro atoms. The topological polar surface area (TPSA) is 85.9 Å². The van der Waals surface area contributed by atoms with Crippen LogP contribution < -0.4 is 24.8 Å². The summed E-state index contributed by atoms with van der Waals surface area (Å²) in [5.41, 5.74) is 0.983. The second-order valence-corrected chi connectivity index (χ2v) is 6.83. The molecule has 0 radical (unpaired) electrons. The first-order chi connectivity index (χ1) is 14.1. The van der Waals surface area contributed by atoms with Crippen molar-refractivity contribution < 1.29 is 23.8 Å². The highest BCUT2D eigenvalue weighted by atomic mass is 16.5. The third-order valence-electron chi connectivity index (χ3n) is 4.82. The van der Waals surface area contributed by atoms with Crippen LogP contribution in [0.25, 0.3) is 0 Å². The Morgan fingerprint density at radius 2 is 1.34 bits per heavy atom. The minimum absolute atomic E-state index is 0.0875. The minimum atomic E-state index is -0.258. The van der Waals surface area contributed by atoms with Gasteiger partial charge >= 0.3 is 0 Å². The van der Waals surface area contributed by atoms with Crippen LogP contribution >= 0.6 is 0 Å². The molecule has 0 aromatic heterocycles. The lowest BCUT2D eigenvalue weighted by atomic mass is 10.2. The fraction of sp³-hybridized carbons (Fsp3) is 0.364. The van der Waals surface area contributed by atoms with Crippen molar-refractivity contribution in [2.45, 2.75) is 13.0 Å². The average Bonchev–Trinajstić information content (AvgIpc) is 3.57. The lowest BCUT2D eigenvalue weighted by Gasteiger charge is -2.09. The molecule has 2 atom stereocenters. The Kier molecular flexibility index (Phi) is 6.94. The molecule has 2 aromatic carbocycles. The minimum Gasteiger partial charge on any atom is -0.497 e. The van der Waals surface area contributed by atoms with Crippen LogP contribution in [-0.2, 0) is 16.1 Å². The number of rotatable bonds is 10. The van der Waals surface area contributed by atoms with Gasteiger partial charge in [0.25, 0.3) is 0 Å². The van der Waals surface area contributed by atoms with Gasteiger partial charge in [-0.3, -0.25) is 9.59 Å². The maximum absolute atomic E-state index is 12.2. The summed E-state index contributed by atoms with van der Waals surface area (Å²) < 4.78 is 15.8. The number of carbonyl (C=O) groups excluding carboxylic acids is 2. The van der Waals surface area contributed by atoms with Crippen LogP contribution in [0.2, 0.25) is 0 Å². The third kappa shape index (κ3) is 5.88. The van der Waals surface area contributed by atoms with Gasteiger partial charge in [0, 0.05) is 6.54 Å². The summed E-state index contributed by atoms with van der Waals surface area (Å²) in [6.07, 6.45) is 0.583. The van der Waals surface area contributed by atoms with Crippen molar-refractivity contribution in [1.82, 2.24) is 10.6 Å². The smallest absolute Gasteiger partial charge is 0.224 e. The lowest BCUT2D eigenvalue weighted by molar-refractivity contribution is -0.127. The molecule has 154 valence electrons. The Balaban J connectivity index is 1.32. The molecule has 2 aromatic rings. The fourth-order valence-corrected chi connectivity index (χ4v) is 2.98. The van der Waals surface area contributed by atoms with E-state index in [0.717, 1.165) is 17.1 Å². The highest BCUT2D eigenvalue weighted by Crippen LogP contribution is 2.38. The molecule has 0 saturated heterocycles. The number of hydrogen-bond acceptors (Lipinski definition) is 5. The summed E-state index contributed by atoms with van der Waals surface area (Å²) in [5, 5.41) is 5.71. The van der Waals surface area contributed by atoms with Crippen LogP contribution in [0.15, 0.2) is 48.5 Å². The predicted octanol–water partition coefficient (Wildman–Crippen LogP) is 2.15. The van der Waals surface area contributed by atoms with E-state index in [2.05, 4.69) is 10.6 Å². The molecule has 2 unspecified atom stereocenters. The molecule has 0 aliphatic heterocycles. The number of benzene rings is 2. The molecule has 7 nitrogen and oxygen atoms in total. The van der Waals surface area contributed by atoms with E-state index in [-0.39, 0.29) is 23.7 Å². The monoisotopic (exact) mass is 398 g/mol. The number of hydrogen-bond donors (Lipinski definition) is 2. The van der Waals surface area contributed by atoms with Crippen molar-refractivity contribution >= 4 is 11.8 Å². The molecule has 2 N–H and O–H groups in total. The van der Waals surface area contributed by atoms with E-state index >= 15 is 0 Å². The molecule has 1 fully saturated rings. The molecule has 0 heterocycles. The van der Waals surface area contributed by atoms with E-state index in [1.54, 1.807) is 14.2 Å². The normalized spacial score (nSPS) is 17.2. The zero-order valence-corrected chi connectivity index (χ0v) is 16.6. The standard InChI is InChI=1S/C22H26N2O5/c1-27-16-5-3-15(4-6-16)14-24-22(26)20-13-19(20)21(25)23-11-12-29-18-9-7-17(28-2)8-10-18/h3-10,19-20H,11-14H2,1-2H3,(H,23,25)(H,24,26). The van der Waals surface area contributed by atoms with Gasteiger partial charge in [0.15, 0.2) is 0 Å². The quantitative estimate of drug-likeness (QED) is 0.599. The van der Waals surface area contributed by atoms with Gasteiger partial charge in [0.05, 0.1) is 32.6 Å². The van der Waals surface area contributed by atoms with Crippen LogP contribution in [0.5, 0.6) is 17.2 Å². The Morgan fingerprint density at radius 1 is 0.828 bits per heavy atom. The number of nitrogens with one attached hydrogen (secondary N) is 2. The van der Waals surface area contributed by atoms with E-state index in [4.69, 9.17) is 14.2 Å². The molecule has 1 saturated carbocycles. The molecule has 0 bridgehead atoms. The highest BCUT2D eigenvalue weighted by molar-refractivity contribution is 5.92. The van der Waals surface area contributed by atoms with E-state index in [0.29, 0.717) is 31.9 Å². The van der Waals surface area contributed by atoms with Crippen LogP contribution in [0, 0.1) is 11.8 Å². The maximum Gasteiger partial charge on any atom is 0.224 e. The number of ether oxygens (including phenoxy) is 3. The Bertz CT molecular complexity index is 820. The highest BCUT2D eigenvalue weighted by Gasteiger charge is 2.47. The Morgan fingerprint density at radius 3 is 1.93 bits per heavy atom. The molecule has 7 heteroatoms. The second kappa shape index (κ2) is 9.82. The van der Waals surface area contributed by atoms with Gasteiger partial charge in [-0.1, -0.05) is 12.1 Å². The molecular weight excluding hydrogens is 372 g/mol. The van der Waals surface area contributed by atoms with Crippen molar-refractivity contribution in [2.24, 2.45) is 11.8 Å². The maximum atomic E-state index is 12.2. The number of amides is 2. The third-order valence-corrected chi connectivity index (χ3v) is 4.82. The van der Waals surface area contributed by atoms with Crippen LogP contribution in [-0.4, -0.2) is 39.2 Å². The van der Waals surface area contributed by atoms with E-state index in [9.17, 15) is 9.59 Å². The zero-order valence-electron chi connectivity index (χ0n) is 16.6. The number of methoxy groups -OCH3 is 2.